The van der Waals surface area contributed by atoms with E-state index < -0.39 is 11.7 Å². The second kappa shape index (κ2) is 8.63. The Kier molecular flexibility index (Phi) is 6.73. The van der Waals surface area contributed by atoms with Crippen LogP contribution in [0.3, 0.4) is 0 Å². The van der Waals surface area contributed by atoms with Gasteiger partial charge in [0.2, 0.25) is 0 Å². The molecule has 1 aliphatic rings. The van der Waals surface area contributed by atoms with Crippen molar-refractivity contribution >= 4 is 18.3 Å². The average molecular weight is 401 g/mol. The van der Waals surface area contributed by atoms with Crippen LogP contribution < -0.4 is 10.5 Å². The van der Waals surface area contributed by atoms with Crippen LogP contribution in [0.25, 0.3) is 0 Å². The molecule has 0 spiro atoms. The average Bonchev–Trinajstić information content (AvgIpc) is 3.09. The lowest BCUT2D eigenvalue weighted by Crippen LogP contribution is -2.39. The molecule has 1 saturated heterocycles. The number of hydrogen-bond acceptors (Lipinski definition) is 3. The molecular formula is C19H20ClF3N2O2. The zero-order valence-electron chi connectivity index (χ0n) is 14.4. The van der Waals surface area contributed by atoms with E-state index in [4.69, 9.17) is 10.5 Å². The molecule has 1 fully saturated rings. The third kappa shape index (κ3) is 4.93. The fraction of sp³-hybridized carbons (Fsp3) is 0.316. The summed E-state index contributed by atoms with van der Waals surface area (Å²) in [5.41, 5.74) is 5.35. The van der Waals surface area contributed by atoms with Gasteiger partial charge in [0.15, 0.2) is 0 Å². The molecule has 0 aromatic heterocycles. The van der Waals surface area contributed by atoms with Gasteiger partial charge in [-0.3, -0.25) is 4.79 Å². The van der Waals surface area contributed by atoms with Gasteiger partial charge in [-0.15, -0.1) is 12.4 Å². The van der Waals surface area contributed by atoms with Crippen LogP contribution in [-0.2, 0) is 6.18 Å². The number of carbonyl (C=O) groups is 1. The van der Waals surface area contributed by atoms with E-state index in [1.807, 2.05) is 0 Å². The zero-order chi connectivity index (χ0) is 18.7. The number of ether oxygens (including phenoxy) is 1. The number of likely N-dealkylation sites (tertiary alicyclic amines) is 1. The summed E-state index contributed by atoms with van der Waals surface area (Å²) >= 11 is 0. The highest BCUT2D eigenvalue weighted by molar-refractivity contribution is 5.95. The maximum absolute atomic E-state index is 12.8. The van der Waals surface area contributed by atoms with Gasteiger partial charge in [0, 0.05) is 24.7 Å². The number of amides is 1. The number of halogens is 4. The smallest absolute Gasteiger partial charge is 0.416 e. The van der Waals surface area contributed by atoms with E-state index >= 15 is 0 Å². The number of rotatable bonds is 4. The molecule has 0 bridgehead atoms. The fourth-order valence-corrected chi connectivity index (χ4v) is 3.08. The molecule has 4 nitrogen and oxygen atoms in total. The summed E-state index contributed by atoms with van der Waals surface area (Å²) in [6, 6.07) is 11.1. The lowest BCUT2D eigenvalue weighted by atomic mass is 10.1. The Morgan fingerprint density at radius 1 is 1.15 bits per heavy atom. The van der Waals surface area contributed by atoms with Crippen molar-refractivity contribution in [3.63, 3.8) is 0 Å². The van der Waals surface area contributed by atoms with Gasteiger partial charge in [-0.05, 0) is 49.2 Å². The highest BCUT2D eigenvalue weighted by atomic mass is 35.5. The number of alkyl halides is 3. The van der Waals surface area contributed by atoms with Crippen molar-refractivity contribution in [3.8, 4) is 11.5 Å². The third-order valence-electron chi connectivity index (χ3n) is 4.39. The van der Waals surface area contributed by atoms with E-state index in [2.05, 4.69) is 0 Å². The van der Waals surface area contributed by atoms with Crippen molar-refractivity contribution in [2.24, 2.45) is 5.73 Å². The Morgan fingerprint density at radius 3 is 2.48 bits per heavy atom. The van der Waals surface area contributed by atoms with Crippen molar-refractivity contribution < 1.29 is 22.7 Å². The SMILES string of the molecule is Cl.NCC1CCCN1C(=O)c1cccc(Oc2cccc(C(F)(F)F)c2)c1. The Hall–Kier alpha value is -2.25. The monoisotopic (exact) mass is 400 g/mol. The van der Waals surface area contributed by atoms with Crippen LogP contribution in [0, 0.1) is 0 Å². The second-order valence-corrected chi connectivity index (χ2v) is 6.19. The fourth-order valence-electron chi connectivity index (χ4n) is 3.08. The van der Waals surface area contributed by atoms with Crippen molar-refractivity contribution in [3.05, 3.63) is 59.7 Å². The predicted octanol–water partition coefficient (Wildman–Crippen LogP) is 4.48. The molecule has 1 aliphatic heterocycles. The highest BCUT2D eigenvalue weighted by Gasteiger charge is 2.31. The maximum atomic E-state index is 12.8. The number of hydrogen-bond donors (Lipinski definition) is 1. The molecule has 2 aromatic rings. The minimum atomic E-state index is -4.44. The normalized spacial score (nSPS) is 16.7. The van der Waals surface area contributed by atoms with Gasteiger partial charge in [-0.25, -0.2) is 0 Å². The first kappa shape index (κ1) is 21.1. The Morgan fingerprint density at radius 2 is 1.81 bits per heavy atom. The maximum Gasteiger partial charge on any atom is 0.416 e. The van der Waals surface area contributed by atoms with Crippen LogP contribution in [0.2, 0.25) is 0 Å². The molecule has 8 heteroatoms. The van der Waals surface area contributed by atoms with Gasteiger partial charge in [0.1, 0.15) is 11.5 Å². The van der Waals surface area contributed by atoms with E-state index in [9.17, 15) is 18.0 Å². The summed E-state index contributed by atoms with van der Waals surface area (Å²) in [6.45, 7) is 1.06. The van der Waals surface area contributed by atoms with Crippen molar-refractivity contribution in [2.45, 2.75) is 25.1 Å². The van der Waals surface area contributed by atoms with Gasteiger partial charge >= 0.3 is 6.18 Å². The van der Waals surface area contributed by atoms with E-state index in [1.54, 1.807) is 23.1 Å². The number of benzene rings is 2. The standard InChI is InChI=1S/C19H19F3N2O2.ClH/c20-19(21,22)14-5-2-8-17(11-14)26-16-7-1-4-13(10-16)18(25)24-9-3-6-15(24)12-23;/h1-2,4-5,7-8,10-11,15H,3,6,9,12,23H2;1H. The van der Waals surface area contributed by atoms with Crippen LogP contribution in [0.5, 0.6) is 11.5 Å². The van der Waals surface area contributed by atoms with Gasteiger partial charge in [-0.1, -0.05) is 12.1 Å². The van der Waals surface area contributed by atoms with Crippen LogP contribution in [0.15, 0.2) is 48.5 Å². The summed E-state index contributed by atoms with van der Waals surface area (Å²) < 4.78 is 43.9. The minimum Gasteiger partial charge on any atom is -0.457 e. The molecule has 1 heterocycles. The van der Waals surface area contributed by atoms with E-state index in [-0.39, 0.29) is 30.1 Å². The zero-order valence-corrected chi connectivity index (χ0v) is 15.2. The molecule has 2 aromatic carbocycles. The summed E-state index contributed by atoms with van der Waals surface area (Å²) in [7, 11) is 0. The van der Waals surface area contributed by atoms with Crippen molar-refractivity contribution in [1.82, 2.24) is 4.90 Å². The van der Waals surface area contributed by atoms with E-state index in [0.29, 0.717) is 24.4 Å². The molecule has 0 aliphatic carbocycles. The summed E-state index contributed by atoms with van der Waals surface area (Å²) in [4.78, 5) is 14.4. The van der Waals surface area contributed by atoms with Gasteiger partial charge < -0.3 is 15.4 Å². The van der Waals surface area contributed by atoms with Gasteiger partial charge in [0.05, 0.1) is 5.56 Å². The summed E-state index contributed by atoms with van der Waals surface area (Å²) in [6.07, 6.45) is -2.65. The van der Waals surface area contributed by atoms with E-state index in [1.165, 1.54) is 18.2 Å². The van der Waals surface area contributed by atoms with Gasteiger partial charge in [0.25, 0.3) is 5.91 Å². The van der Waals surface area contributed by atoms with E-state index in [0.717, 1.165) is 25.0 Å². The van der Waals surface area contributed by atoms with Crippen molar-refractivity contribution in [2.75, 3.05) is 13.1 Å². The Labute approximate surface area is 161 Å². The second-order valence-electron chi connectivity index (χ2n) is 6.19. The first-order valence-corrected chi connectivity index (χ1v) is 8.34. The molecule has 3 rings (SSSR count). The van der Waals surface area contributed by atoms with Crippen LogP contribution in [-0.4, -0.2) is 29.9 Å². The molecule has 27 heavy (non-hydrogen) atoms. The van der Waals surface area contributed by atoms with Gasteiger partial charge in [-0.2, -0.15) is 13.2 Å². The minimum absolute atomic E-state index is 0. The van der Waals surface area contributed by atoms with Crippen LogP contribution in [0.1, 0.15) is 28.8 Å². The number of carbonyl (C=O) groups excluding carboxylic acids is 1. The molecular weight excluding hydrogens is 381 g/mol. The molecule has 0 radical (unpaired) electrons. The molecule has 2 N–H and O–H groups in total. The summed E-state index contributed by atoms with van der Waals surface area (Å²) in [5.74, 6) is 0.219. The number of nitrogens with zero attached hydrogens (tertiary/aromatic N) is 1. The Balaban J connectivity index is 0.00000261. The molecule has 1 amide bonds. The van der Waals surface area contributed by atoms with Crippen LogP contribution >= 0.6 is 12.4 Å². The summed E-state index contributed by atoms with van der Waals surface area (Å²) in [5, 5.41) is 0. The largest absolute Gasteiger partial charge is 0.457 e. The molecule has 146 valence electrons. The molecule has 0 saturated carbocycles. The Bertz CT molecular complexity index is 799. The van der Waals surface area contributed by atoms with Crippen molar-refractivity contribution in [1.29, 1.82) is 0 Å². The first-order valence-electron chi connectivity index (χ1n) is 8.34. The topological polar surface area (TPSA) is 55.6 Å². The third-order valence-corrected chi connectivity index (χ3v) is 4.39. The predicted molar refractivity (Wildman–Crippen MR) is 98.3 cm³/mol. The van der Waals surface area contributed by atoms with Crippen LogP contribution in [0.4, 0.5) is 13.2 Å². The molecule has 1 atom stereocenters. The number of nitrogens with two attached hydrogens (primary N) is 1. The quantitative estimate of drug-likeness (QED) is 0.823. The first-order chi connectivity index (χ1) is 12.4. The molecule has 1 unspecified atom stereocenters. The lowest BCUT2D eigenvalue weighted by Gasteiger charge is -2.23. The highest BCUT2D eigenvalue weighted by Crippen LogP contribution is 2.33. The lowest BCUT2D eigenvalue weighted by molar-refractivity contribution is -0.137.